The summed E-state index contributed by atoms with van der Waals surface area (Å²) in [6.07, 6.45) is 0.473. The molecule has 0 aliphatic rings. The number of nitrogens with zero attached hydrogens (tertiary/aromatic N) is 3. The lowest BCUT2D eigenvalue weighted by Crippen LogP contribution is -2.26. The first-order valence-corrected chi connectivity index (χ1v) is 12.4. The molecule has 0 aliphatic carbocycles. The molecule has 2 amide bonds. The molecule has 0 saturated heterocycles. The second kappa shape index (κ2) is 12.3. The highest BCUT2D eigenvalue weighted by Gasteiger charge is 2.15. The molecule has 12 heteroatoms. The van der Waals surface area contributed by atoms with Gasteiger partial charge in [-0.1, -0.05) is 46.6 Å². The number of thioether (sulfide) groups is 1. The van der Waals surface area contributed by atoms with E-state index in [0.717, 1.165) is 0 Å². The van der Waals surface area contributed by atoms with Crippen molar-refractivity contribution in [3.63, 3.8) is 0 Å². The number of methoxy groups -OCH3 is 1. The number of nitrogens with one attached hydrogen (secondary N) is 2. The standard InChI is InChI=1S/C22H22Cl3N5O3S/c1-3-30-19(8-9-26-21(32)13-4-6-15(24)16(25)10-13)28-29-22(30)34-12-20(31)27-17-11-14(23)5-7-18(17)33-2/h4-7,10-11H,3,8-9,12H2,1-2H3,(H,26,32)(H,27,31). The van der Waals surface area contributed by atoms with Gasteiger partial charge in [-0.15, -0.1) is 10.2 Å². The largest absolute Gasteiger partial charge is 0.495 e. The first kappa shape index (κ1) is 26.2. The fraction of sp³-hybridized carbons (Fsp3) is 0.273. The van der Waals surface area contributed by atoms with Crippen LogP contribution in [0.4, 0.5) is 5.69 Å². The minimum Gasteiger partial charge on any atom is -0.495 e. The molecule has 180 valence electrons. The van der Waals surface area contributed by atoms with Crippen molar-refractivity contribution in [1.29, 1.82) is 0 Å². The van der Waals surface area contributed by atoms with Gasteiger partial charge in [-0.3, -0.25) is 9.59 Å². The number of benzene rings is 2. The van der Waals surface area contributed by atoms with E-state index < -0.39 is 0 Å². The summed E-state index contributed by atoms with van der Waals surface area (Å²) in [4.78, 5) is 24.8. The Morgan fingerprint density at radius 3 is 2.59 bits per heavy atom. The summed E-state index contributed by atoms with van der Waals surface area (Å²) < 4.78 is 7.15. The molecule has 2 aromatic carbocycles. The van der Waals surface area contributed by atoms with Crippen LogP contribution < -0.4 is 15.4 Å². The van der Waals surface area contributed by atoms with Gasteiger partial charge in [-0.25, -0.2) is 0 Å². The minimum absolute atomic E-state index is 0.127. The van der Waals surface area contributed by atoms with Gasteiger partial charge < -0.3 is 19.9 Å². The molecule has 0 spiro atoms. The molecule has 0 aliphatic heterocycles. The van der Waals surface area contributed by atoms with Gasteiger partial charge in [0.15, 0.2) is 5.16 Å². The molecule has 0 unspecified atom stereocenters. The van der Waals surface area contributed by atoms with Crippen molar-refractivity contribution >= 4 is 64.1 Å². The lowest BCUT2D eigenvalue weighted by atomic mass is 10.2. The Morgan fingerprint density at radius 1 is 1.09 bits per heavy atom. The number of carbonyl (C=O) groups is 2. The molecule has 0 radical (unpaired) electrons. The fourth-order valence-corrected chi connectivity index (χ4v) is 4.34. The van der Waals surface area contributed by atoms with E-state index in [9.17, 15) is 9.59 Å². The zero-order valence-electron chi connectivity index (χ0n) is 18.4. The van der Waals surface area contributed by atoms with Crippen LogP contribution in [-0.4, -0.2) is 46.0 Å². The monoisotopic (exact) mass is 541 g/mol. The van der Waals surface area contributed by atoms with Crippen LogP contribution in [0.25, 0.3) is 0 Å². The fourth-order valence-electron chi connectivity index (χ4n) is 3.05. The minimum atomic E-state index is -0.260. The van der Waals surface area contributed by atoms with Crippen LogP contribution in [0.15, 0.2) is 41.6 Å². The topological polar surface area (TPSA) is 98.1 Å². The smallest absolute Gasteiger partial charge is 0.251 e. The molecule has 3 rings (SSSR count). The number of halogens is 3. The third-order valence-electron chi connectivity index (χ3n) is 4.69. The second-order valence-electron chi connectivity index (χ2n) is 6.96. The zero-order chi connectivity index (χ0) is 24.7. The number of amides is 2. The lowest BCUT2D eigenvalue weighted by molar-refractivity contribution is -0.113. The summed E-state index contributed by atoms with van der Waals surface area (Å²) in [5, 5.41) is 15.9. The summed E-state index contributed by atoms with van der Waals surface area (Å²) in [6.45, 7) is 2.94. The molecule has 1 aromatic heterocycles. The van der Waals surface area contributed by atoms with Crippen LogP contribution in [0.1, 0.15) is 23.1 Å². The summed E-state index contributed by atoms with van der Waals surface area (Å²) >= 11 is 19.1. The Bertz CT molecular complexity index is 1190. The predicted octanol–water partition coefficient (Wildman–Crippen LogP) is 4.97. The number of anilines is 1. The van der Waals surface area contributed by atoms with Crippen molar-refractivity contribution in [2.75, 3.05) is 24.7 Å². The number of carbonyl (C=O) groups excluding carboxylic acids is 2. The number of rotatable bonds is 10. The van der Waals surface area contributed by atoms with Crippen LogP contribution in [0.3, 0.4) is 0 Å². The SMILES string of the molecule is CCn1c(CCNC(=O)c2ccc(Cl)c(Cl)c2)nnc1SCC(=O)Nc1cc(Cl)ccc1OC. The van der Waals surface area contributed by atoms with Crippen LogP contribution in [0, 0.1) is 0 Å². The van der Waals surface area contributed by atoms with Gasteiger partial charge in [0.1, 0.15) is 11.6 Å². The molecular weight excluding hydrogens is 521 g/mol. The van der Waals surface area contributed by atoms with E-state index in [1.54, 1.807) is 30.3 Å². The van der Waals surface area contributed by atoms with E-state index in [4.69, 9.17) is 39.5 Å². The number of aromatic nitrogens is 3. The first-order chi connectivity index (χ1) is 16.3. The molecule has 34 heavy (non-hydrogen) atoms. The van der Waals surface area contributed by atoms with Crippen LogP contribution in [0.2, 0.25) is 15.1 Å². The zero-order valence-corrected chi connectivity index (χ0v) is 21.5. The number of hydrogen-bond donors (Lipinski definition) is 2. The van der Waals surface area contributed by atoms with Crippen LogP contribution in [0.5, 0.6) is 5.75 Å². The van der Waals surface area contributed by atoms with E-state index in [-0.39, 0.29) is 17.6 Å². The van der Waals surface area contributed by atoms with Crippen LogP contribution >= 0.6 is 46.6 Å². The maximum absolute atomic E-state index is 12.4. The maximum Gasteiger partial charge on any atom is 0.251 e. The van der Waals surface area contributed by atoms with Gasteiger partial charge in [0.25, 0.3) is 5.91 Å². The second-order valence-corrected chi connectivity index (χ2v) is 9.15. The molecular formula is C22H22Cl3N5O3S. The molecule has 1 heterocycles. The van der Waals surface area contributed by atoms with Crippen molar-refractivity contribution in [1.82, 2.24) is 20.1 Å². The Labute approximate surface area is 216 Å². The Hall–Kier alpha value is -2.46. The Morgan fingerprint density at radius 2 is 1.88 bits per heavy atom. The summed E-state index contributed by atoms with van der Waals surface area (Å²) in [6, 6.07) is 9.70. The van der Waals surface area contributed by atoms with Crippen molar-refractivity contribution in [2.45, 2.75) is 25.0 Å². The van der Waals surface area contributed by atoms with E-state index in [0.29, 0.717) is 62.6 Å². The average Bonchev–Trinajstić information content (AvgIpc) is 3.21. The summed E-state index contributed by atoms with van der Waals surface area (Å²) in [5.74, 6) is 0.860. The predicted molar refractivity (Wildman–Crippen MR) is 136 cm³/mol. The Kier molecular flexibility index (Phi) is 9.46. The molecule has 8 nitrogen and oxygen atoms in total. The molecule has 0 bridgehead atoms. The normalized spacial score (nSPS) is 10.7. The third-order valence-corrected chi connectivity index (χ3v) is 6.63. The highest BCUT2D eigenvalue weighted by molar-refractivity contribution is 7.99. The molecule has 2 N–H and O–H groups in total. The van der Waals surface area contributed by atoms with Gasteiger partial charge in [0.2, 0.25) is 5.91 Å². The summed E-state index contributed by atoms with van der Waals surface area (Å²) in [5.41, 5.74) is 0.918. The van der Waals surface area contributed by atoms with Crippen molar-refractivity contribution in [2.24, 2.45) is 0 Å². The molecule has 0 atom stereocenters. The van der Waals surface area contributed by atoms with E-state index in [2.05, 4.69) is 20.8 Å². The van der Waals surface area contributed by atoms with Gasteiger partial charge in [-0.2, -0.15) is 0 Å². The van der Waals surface area contributed by atoms with E-state index >= 15 is 0 Å². The third kappa shape index (κ3) is 6.79. The Balaban J connectivity index is 1.54. The summed E-state index contributed by atoms with van der Waals surface area (Å²) in [7, 11) is 1.52. The van der Waals surface area contributed by atoms with E-state index in [1.165, 1.54) is 24.9 Å². The first-order valence-electron chi connectivity index (χ1n) is 10.2. The van der Waals surface area contributed by atoms with Crippen molar-refractivity contribution in [3.05, 3.63) is 62.9 Å². The van der Waals surface area contributed by atoms with Gasteiger partial charge in [-0.05, 0) is 43.3 Å². The van der Waals surface area contributed by atoms with Crippen molar-refractivity contribution < 1.29 is 14.3 Å². The van der Waals surface area contributed by atoms with Gasteiger partial charge in [0, 0.05) is 30.1 Å². The van der Waals surface area contributed by atoms with Gasteiger partial charge >= 0.3 is 0 Å². The highest BCUT2D eigenvalue weighted by Crippen LogP contribution is 2.28. The quantitative estimate of drug-likeness (QED) is 0.351. The van der Waals surface area contributed by atoms with Crippen molar-refractivity contribution in [3.8, 4) is 5.75 Å². The highest BCUT2D eigenvalue weighted by atomic mass is 35.5. The molecule has 0 saturated carbocycles. The molecule has 0 fully saturated rings. The van der Waals surface area contributed by atoms with Gasteiger partial charge in [0.05, 0.1) is 28.6 Å². The average molecular weight is 543 g/mol. The maximum atomic E-state index is 12.4. The van der Waals surface area contributed by atoms with Crippen LogP contribution in [-0.2, 0) is 17.8 Å². The number of ether oxygens (including phenoxy) is 1. The van der Waals surface area contributed by atoms with E-state index in [1.807, 2.05) is 11.5 Å². The molecule has 3 aromatic rings. The number of hydrogen-bond acceptors (Lipinski definition) is 6. The lowest BCUT2D eigenvalue weighted by Gasteiger charge is -2.11.